The minimum atomic E-state index is -0.573. The van der Waals surface area contributed by atoms with Crippen LogP contribution in [0, 0.1) is 5.92 Å². The first kappa shape index (κ1) is 23.8. The summed E-state index contributed by atoms with van der Waals surface area (Å²) in [5.74, 6) is 0.443. The number of nitrogens with one attached hydrogen (secondary N) is 2. The Hall–Kier alpha value is -1.50. The summed E-state index contributed by atoms with van der Waals surface area (Å²) in [4.78, 5) is 26.9. The van der Waals surface area contributed by atoms with Crippen LogP contribution in [-0.4, -0.2) is 53.8 Å². The van der Waals surface area contributed by atoms with Crippen LogP contribution in [0.4, 0.5) is 5.69 Å². The lowest BCUT2D eigenvalue weighted by molar-refractivity contribution is -0.138. The van der Waals surface area contributed by atoms with Gasteiger partial charge in [-0.15, -0.1) is 24.0 Å². The van der Waals surface area contributed by atoms with Gasteiger partial charge in [-0.3, -0.25) is 9.59 Å². The Morgan fingerprint density at radius 1 is 1.10 bits per heavy atom. The largest absolute Gasteiger partial charge is 0.371 e. The molecule has 29 heavy (non-hydrogen) atoms. The van der Waals surface area contributed by atoms with Crippen molar-refractivity contribution in [2.24, 2.45) is 11.7 Å². The molecule has 0 atom stereocenters. The first-order chi connectivity index (χ1) is 13.5. The van der Waals surface area contributed by atoms with Crippen molar-refractivity contribution in [3.63, 3.8) is 0 Å². The molecule has 2 amide bonds. The molecule has 2 fully saturated rings. The molecule has 1 aliphatic heterocycles. The molecule has 162 valence electrons. The van der Waals surface area contributed by atoms with Crippen molar-refractivity contribution in [3.05, 3.63) is 30.3 Å². The van der Waals surface area contributed by atoms with E-state index in [4.69, 9.17) is 17.3 Å². The Balaban J connectivity index is 0.00000300. The quantitative estimate of drug-likeness (QED) is 0.590. The number of nitrogens with zero attached hydrogens (tertiary/aromatic N) is 1. The van der Waals surface area contributed by atoms with Crippen LogP contribution >= 0.6 is 24.0 Å². The number of carbonyl (C=O) groups excluding carboxylic acids is 2. The number of carbonyl (C=O) groups is 2. The van der Waals surface area contributed by atoms with Crippen LogP contribution in [0.25, 0.3) is 0 Å². The highest BCUT2D eigenvalue weighted by molar-refractivity contribution is 6.27. The van der Waals surface area contributed by atoms with Gasteiger partial charge in [-0.05, 0) is 56.6 Å². The third-order valence-electron chi connectivity index (χ3n) is 6.06. The molecule has 0 bridgehead atoms. The predicted molar refractivity (Wildman–Crippen MR) is 120 cm³/mol. The minimum Gasteiger partial charge on any atom is -0.371 e. The van der Waals surface area contributed by atoms with E-state index in [0.717, 1.165) is 57.3 Å². The van der Waals surface area contributed by atoms with Crippen molar-refractivity contribution in [1.29, 1.82) is 0 Å². The van der Waals surface area contributed by atoms with E-state index in [1.54, 1.807) is 0 Å². The zero-order valence-electron chi connectivity index (χ0n) is 16.7. The summed E-state index contributed by atoms with van der Waals surface area (Å²) in [5, 5.41) is 6.41. The van der Waals surface area contributed by atoms with Crippen molar-refractivity contribution in [2.45, 2.75) is 50.1 Å². The maximum absolute atomic E-state index is 13.5. The van der Waals surface area contributed by atoms with Gasteiger partial charge in [-0.1, -0.05) is 18.2 Å². The van der Waals surface area contributed by atoms with Gasteiger partial charge in [0.2, 0.25) is 11.8 Å². The summed E-state index contributed by atoms with van der Waals surface area (Å²) in [6.07, 6.45) is 5.02. The van der Waals surface area contributed by atoms with E-state index in [9.17, 15) is 9.59 Å². The number of likely N-dealkylation sites (tertiary alicyclic amines) is 1. The molecule has 6 nitrogen and oxygen atoms in total. The van der Waals surface area contributed by atoms with Crippen LogP contribution in [0.3, 0.4) is 0 Å². The monoisotopic (exact) mass is 442 g/mol. The lowest BCUT2D eigenvalue weighted by Gasteiger charge is -2.44. The summed E-state index contributed by atoms with van der Waals surface area (Å²) >= 11 is 5.53. The van der Waals surface area contributed by atoms with Crippen LogP contribution < -0.4 is 16.4 Å². The molecule has 3 rings (SSSR count). The number of piperidine rings is 1. The number of para-hydroxylation sites is 1. The van der Waals surface area contributed by atoms with Gasteiger partial charge in [0.15, 0.2) is 0 Å². The van der Waals surface area contributed by atoms with E-state index in [-0.39, 0.29) is 36.1 Å². The van der Waals surface area contributed by atoms with Crippen LogP contribution in [0.5, 0.6) is 0 Å². The van der Waals surface area contributed by atoms with Gasteiger partial charge in [-0.25, -0.2) is 0 Å². The Morgan fingerprint density at radius 3 is 2.31 bits per heavy atom. The fourth-order valence-corrected chi connectivity index (χ4v) is 4.37. The molecule has 1 saturated carbocycles. The van der Waals surface area contributed by atoms with E-state index >= 15 is 0 Å². The van der Waals surface area contributed by atoms with Crippen LogP contribution in [0.15, 0.2) is 30.3 Å². The summed E-state index contributed by atoms with van der Waals surface area (Å²) < 4.78 is 0. The third kappa shape index (κ3) is 6.24. The van der Waals surface area contributed by atoms with E-state index in [1.807, 2.05) is 35.2 Å². The number of amides is 2. The number of hydrogen-bond acceptors (Lipinski definition) is 4. The number of alkyl halides is 1. The SMILES string of the molecule is Cl.NC1CCC(Nc2ccccc2)(C(=O)N2CCC(CNC(=O)CCl)CC2)CC1. The Labute approximate surface area is 184 Å². The highest BCUT2D eigenvalue weighted by atomic mass is 35.5. The molecule has 1 aliphatic carbocycles. The molecule has 4 N–H and O–H groups in total. The van der Waals surface area contributed by atoms with Crippen LogP contribution in [-0.2, 0) is 9.59 Å². The zero-order chi connectivity index (χ0) is 20.0. The average molecular weight is 443 g/mol. The first-order valence-corrected chi connectivity index (χ1v) is 10.8. The van der Waals surface area contributed by atoms with Gasteiger partial charge in [0, 0.05) is 31.4 Å². The smallest absolute Gasteiger partial charge is 0.248 e. The summed E-state index contributed by atoms with van der Waals surface area (Å²) in [5.41, 5.74) is 6.52. The lowest BCUT2D eigenvalue weighted by Crippen LogP contribution is -2.58. The van der Waals surface area contributed by atoms with Gasteiger partial charge in [0.25, 0.3) is 0 Å². The highest BCUT2D eigenvalue weighted by Crippen LogP contribution is 2.34. The highest BCUT2D eigenvalue weighted by Gasteiger charge is 2.44. The van der Waals surface area contributed by atoms with Crippen molar-refractivity contribution >= 4 is 41.5 Å². The number of benzene rings is 1. The predicted octanol–water partition coefficient (Wildman–Crippen LogP) is 2.75. The molecule has 1 heterocycles. The zero-order valence-corrected chi connectivity index (χ0v) is 18.3. The number of rotatable bonds is 6. The van der Waals surface area contributed by atoms with E-state index in [1.165, 1.54) is 0 Å². The lowest BCUT2D eigenvalue weighted by atomic mass is 9.77. The van der Waals surface area contributed by atoms with Gasteiger partial charge in [0.1, 0.15) is 11.4 Å². The topological polar surface area (TPSA) is 87.5 Å². The maximum Gasteiger partial charge on any atom is 0.248 e. The Bertz CT molecular complexity index is 658. The summed E-state index contributed by atoms with van der Waals surface area (Å²) in [7, 11) is 0. The molecular formula is C21H32Cl2N4O2. The van der Waals surface area contributed by atoms with E-state index in [0.29, 0.717) is 12.5 Å². The van der Waals surface area contributed by atoms with Crippen molar-refractivity contribution < 1.29 is 9.59 Å². The Morgan fingerprint density at radius 2 is 1.72 bits per heavy atom. The molecule has 0 spiro atoms. The molecule has 1 aromatic rings. The second kappa shape index (κ2) is 11.0. The number of hydrogen-bond donors (Lipinski definition) is 3. The third-order valence-corrected chi connectivity index (χ3v) is 6.30. The van der Waals surface area contributed by atoms with Gasteiger partial charge < -0.3 is 21.3 Å². The first-order valence-electron chi connectivity index (χ1n) is 10.2. The van der Waals surface area contributed by atoms with Gasteiger partial charge >= 0.3 is 0 Å². The van der Waals surface area contributed by atoms with Gasteiger partial charge in [0.05, 0.1) is 0 Å². The van der Waals surface area contributed by atoms with Gasteiger partial charge in [-0.2, -0.15) is 0 Å². The average Bonchev–Trinajstić information content (AvgIpc) is 2.74. The number of halogens is 2. The Kier molecular flexibility index (Phi) is 9.05. The van der Waals surface area contributed by atoms with E-state index in [2.05, 4.69) is 10.6 Å². The molecule has 8 heteroatoms. The normalized spacial score (nSPS) is 25.0. The number of nitrogens with two attached hydrogens (primary N) is 1. The molecular weight excluding hydrogens is 411 g/mol. The fourth-order valence-electron chi connectivity index (χ4n) is 4.27. The molecule has 0 radical (unpaired) electrons. The summed E-state index contributed by atoms with van der Waals surface area (Å²) in [6.45, 7) is 2.09. The fraction of sp³-hybridized carbons (Fsp3) is 0.619. The molecule has 1 saturated heterocycles. The van der Waals surface area contributed by atoms with Crippen LogP contribution in [0.2, 0.25) is 0 Å². The minimum absolute atomic E-state index is 0. The van der Waals surface area contributed by atoms with Crippen molar-refractivity contribution in [1.82, 2.24) is 10.2 Å². The molecule has 0 aromatic heterocycles. The molecule has 2 aliphatic rings. The maximum atomic E-state index is 13.5. The second-order valence-electron chi connectivity index (χ2n) is 8.08. The summed E-state index contributed by atoms with van der Waals surface area (Å²) in [6, 6.07) is 10.1. The second-order valence-corrected chi connectivity index (χ2v) is 8.35. The van der Waals surface area contributed by atoms with Crippen molar-refractivity contribution in [3.8, 4) is 0 Å². The molecule has 1 aromatic carbocycles. The molecule has 0 unspecified atom stereocenters. The van der Waals surface area contributed by atoms with Crippen LogP contribution in [0.1, 0.15) is 38.5 Å². The van der Waals surface area contributed by atoms with E-state index < -0.39 is 5.54 Å². The number of anilines is 1. The standard InChI is InChI=1S/C21H31ClN4O2.ClH/c22-14-19(27)24-15-16-8-12-26(13-9-16)20(28)21(10-6-17(23)7-11-21)25-18-4-2-1-3-5-18;/h1-5,16-17,25H,6-15,23H2,(H,24,27);1H. The van der Waals surface area contributed by atoms with Crippen molar-refractivity contribution in [2.75, 3.05) is 30.8 Å².